The Balaban J connectivity index is 2.49. The Morgan fingerprint density at radius 2 is 2.23 bits per heavy atom. The van der Waals surface area contributed by atoms with Crippen LogP contribution in [-0.2, 0) is 4.79 Å². The minimum absolute atomic E-state index is 0.0625. The summed E-state index contributed by atoms with van der Waals surface area (Å²) >= 11 is 6.84. The van der Waals surface area contributed by atoms with Gasteiger partial charge in [0.25, 0.3) is 0 Å². The van der Waals surface area contributed by atoms with E-state index in [0.29, 0.717) is 6.42 Å². The fourth-order valence-electron chi connectivity index (χ4n) is 1.38. The van der Waals surface area contributed by atoms with Crippen molar-refractivity contribution < 1.29 is 4.79 Å². The first-order valence-electron chi connectivity index (χ1n) is 3.90. The number of alkyl halides is 1. The van der Waals surface area contributed by atoms with E-state index in [1.54, 1.807) is 0 Å². The molecule has 1 N–H and O–H groups in total. The van der Waals surface area contributed by atoms with E-state index in [2.05, 4.69) is 37.2 Å². The van der Waals surface area contributed by atoms with Crippen molar-refractivity contribution in [2.45, 2.75) is 11.2 Å². The van der Waals surface area contributed by atoms with E-state index in [0.717, 1.165) is 15.7 Å². The summed E-state index contributed by atoms with van der Waals surface area (Å²) in [5, 5.41) is 2.83. The van der Waals surface area contributed by atoms with Gasteiger partial charge in [-0.2, -0.15) is 0 Å². The first kappa shape index (κ1) is 9.21. The fourth-order valence-corrected chi connectivity index (χ4v) is 2.44. The van der Waals surface area contributed by atoms with Crippen LogP contribution in [0.5, 0.6) is 0 Å². The van der Waals surface area contributed by atoms with E-state index < -0.39 is 0 Å². The molecular formula is C9H7Br2NO. The lowest BCUT2D eigenvalue weighted by molar-refractivity contribution is -0.116. The fraction of sp³-hybridized carbons (Fsp3) is 0.222. The number of rotatable bonds is 0. The van der Waals surface area contributed by atoms with Gasteiger partial charge in [-0.1, -0.05) is 37.9 Å². The van der Waals surface area contributed by atoms with Crippen LogP contribution in [0.3, 0.4) is 0 Å². The van der Waals surface area contributed by atoms with Crippen LogP contribution >= 0.6 is 31.9 Å². The summed E-state index contributed by atoms with van der Waals surface area (Å²) in [6.07, 6.45) is 0.509. The Morgan fingerprint density at radius 3 is 3.00 bits per heavy atom. The van der Waals surface area contributed by atoms with Crippen LogP contribution in [0.15, 0.2) is 22.7 Å². The maximum absolute atomic E-state index is 11.2. The molecule has 13 heavy (non-hydrogen) atoms. The average molecular weight is 305 g/mol. The number of hydrogen-bond acceptors (Lipinski definition) is 1. The van der Waals surface area contributed by atoms with Crippen molar-refractivity contribution in [1.29, 1.82) is 0 Å². The summed E-state index contributed by atoms with van der Waals surface area (Å²) in [7, 11) is 0. The number of carbonyl (C=O) groups excluding carboxylic acids is 1. The monoisotopic (exact) mass is 303 g/mol. The van der Waals surface area contributed by atoms with Gasteiger partial charge in [-0.05, 0) is 17.7 Å². The zero-order valence-corrected chi connectivity index (χ0v) is 9.85. The second-order valence-electron chi connectivity index (χ2n) is 2.95. The van der Waals surface area contributed by atoms with Gasteiger partial charge in [0.05, 0.1) is 4.83 Å². The van der Waals surface area contributed by atoms with Gasteiger partial charge < -0.3 is 5.32 Å². The third-order valence-corrected chi connectivity index (χ3v) is 3.30. The standard InChI is InChI=1S/C9H7Br2NO/c10-5-1-2-6-7(11)4-9(13)12-8(6)3-5/h1-3,7H,4H2,(H,12,13). The molecule has 1 unspecified atom stereocenters. The Labute approximate surface area is 93.0 Å². The molecule has 1 aliphatic heterocycles. The van der Waals surface area contributed by atoms with Crippen molar-refractivity contribution in [2.24, 2.45) is 0 Å². The van der Waals surface area contributed by atoms with Gasteiger partial charge in [0.2, 0.25) is 5.91 Å². The second kappa shape index (κ2) is 3.42. The van der Waals surface area contributed by atoms with E-state index in [1.807, 2.05) is 18.2 Å². The lowest BCUT2D eigenvalue weighted by Crippen LogP contribution is -2.20. The zero-order valence-electron chi connectivity index (χ0n) is 6.68. The smallest absolute Gasteiger partial charge is 0.225 e. The molecule has 1 atom stereocenters. The quantitative estimate of drug-likeness (QED) is 0.733. The molecular weight excluding hydrogens is 298 g/mol. The van der Waals surface area contributed by atoms with E-state index in [-0.39, 0.29) is 10.7 Å². The number of benzene rings is 1. The normalized spacial score (nSPS) is 20.8. The van der Waals surface area contributed by atoms with Gasteiger partial charge in [-0.3, -0.25) is 4.79 Å². The molecule has 2 nitrogen and oxygen atoms in total. The number of anilines is 1. The van der Waals surface area contributed by atoms with Gasteiger partial charge >= 0.3 is 0 Å². The number of hydrogen-bond donors (Lipinski definition) is 1. The molecule has 0 saturated carbocycles. The number of nitrogens with one attached hydrogen (secondary N) is 1. The first-order valence-corrected chi connectivity index (χ1v) is 5.61. The summed E-state index contributed by atoms with van der Waals surface area (Å²) in [4.78, 5) is 11.3. The van der Waals surface area contributed by atoms with Crippen LogP contribution in [0.25, 0.3) is 0 Å². The molecule has 68 valence electrons. The maximum atomic E-state index is 11.2. The molecule has 1 aliphatic rings. The van der Waals surface area contributed by atoms with Gasteiger partial charge in [0.15, 0.2) is 0 Å². The first-order chi connectivity index (χ1) is 6.16. The Kier molecular flexibility index (Phi) is 2.43. The van der Waals surface area contributed by atoms with Crippen molar-refractivity contribution in [3.8, 4) is 0 Å². The molecule has 1 aromatic rings. The SMILES string of the molecule is O=C1CC(Br)c2ccc(Br)cc2N1. The summed E-state index contributed by atoms with van der Waals surface area (Å²) in [5.74, 6) is 0.0625. The van der Waals surface area contributed by atoms with Crippen molar-refractivity contribution in [3.63, 3.8) is 0 Å². The number of halogens is 2. The second-order valence-corrected chi connectivity index (χ2v) is 4.97. The molecule has 0 spiro atoms. The molecule has 0 aliphatic carbocycles. The lowest BCUT2D eigenvalue weighted by atomic mass is 10.0. The number of carbonyl (C=O) groups is 1. The molecule has 2 rings (SSSR count). The van der Waals surface area contributed by atoms with E-state index in [4.69, 9.17) is 0 Å². The van der Waals surface area contributed by atoms with E-state index >= 15 is 0 Å². The highest BCUT2D eigenvalue weighted by molar-refractivity contribution is 9.10. The van der Waals surface area contributed by atoms with Crippen molar-refractivity contribution in [1.82, 2.24) is 0 Å². The van der Waals surface area contributed by atoms with Crippen LogP contribution in [0, 0.1) is 0 Å². The Morgan fingerprint density at radius 1 is 1.46 bits per heavy atom. The average Bonchev–Trinajstić information content (AvgIpc) is 2.02. The highest BCUT2D eigenvalue weighted by Gasteiger charge is 2.22. The molecule has 0 aromatic heterocycles. The van der Waals surface area contributed by atoms with Gasteiger partial charge in [-0.15, -0.1) is 0 Å². The molecule has 1 heterocycles. The molecule has 0 fully saturated rings. The van der Waals surface area contributed by atoms with Gasteiger partial charge in [0.1, 0.15) is 0 Å². The highest BCUT2D eigenvalue weighted by atomic mass is 79.9. The van der Waals surface area contributed by atoms with E-state index in [9.17, 15) is 4.79 Å². The van der Waals surface area contributed by atoms with Gasteiger partial charge in [-0.25, -0.2) is 0 Å². The molecule has 0 saturated heterocycles. The summed E-state index contributed by atoms with van der Waals surface area (Å²) in [6, 6.07) is 5.91. The molecule has 1 aromatic carbocycles. The summed E-state index contributed by atoms with van der Waals surface area (Å²) < 4.78 is 0.980. The predicted octanol–water partition coefficient (Wildman–Crippen LogP) is 3.23. The molecule has 0 radical (unpaired) electrons. The van der Waals surface area contributed by atoms with Crippen LogP contribution in [-0.4, -0.2) is 5.91 Å². The van der Waals surface area contributed by atoms with Gasteiger partial charge in [0, 0.05) is 16.6 Å². The minimum atomic E-state index is 0.0625. The van der Waals surface area contributed by atoms with Crippen LogP contribution in [0.4, 0.5) is 5.69 Å². The summed E-state index contributed by atoms with van der Waals surface area (Å²) in [5.41, 5.74) is 2.04. The molecule has 4 heteroatoms. The van der Waals surface area contributed by atoms with Crippen LogP contribution < -0.4 is 5.32 Å². The van der Waals surface area contributed by atoms with Crippen LogP contribution in [0.2, 0.25) is 0 Å². The van der Waals surface area contributed by atoms with Crippen molar-refractivity contribution in [2.75, 3.05) is 5.32 Å². The Bertz CT molecular complexity index is 365. The third kappa shape index (κ3) is 1.79. The minimum Gasteiger partial charge on any atom is -0.326 e. The Hall–Kier alpha value is -0.350. The van der Waals surface area contributed by atoms with Crippen LogP contribution in [0.1, 0.15) is 16.8 Å². The van der Waals surface area contributed by atoms with Crippen molar-refractivity contribution in [3.05, 3.63) is 28.2 Å². The van der Waals surface area contributed by atoms with E-state index in [1.165, 1.54) is 0 Å². The molecule has 1 amide bonds. The maximum Gasteiger partial charge on any atom is 0.225 e. The largest absolute Gasteiger partial charge is 0.326 e. The third-order valence-electron chi connectivity index (χ3n) is 1.99. The highest BCUT2D eigenvalue weighted by Crippen LogP contribution is 2.37. The number of fused-ring (bicyclic) bond motifs is 1. The molecule has 0 bridgehead atoms. The zero-order chi connectivity index (χ0) is 9.42. The van der Waals surface area contributed by atoms with Crippen molar-refractivity contribution >= 4 is 43.5 Å². The topological polar surface area (TPSA) is 29.1 Å². The predicted molar refractivity (Wildman–Crippen MR) is 59.1 cm³/mol. The summed E-state index contributed by atoms with van der Waals surface area (Å²) in [6.45, 7) is 0. The number of amides is 1. The lowest BCUT2D eigenvalue weighted by Gasteiger charge is -2.21.